The van der Waals surface area contributed by atoms with Crippen molar-refractivity contribution in [2.45, 2.75) is 19.8 Å². The Labute approximate surface area is 203 Å². The normalized spacial score (nSPS) is 10.1. The van der Waals surface area contributed by atoms with Crippen LogP contribution in [-0.4, -0.2) is 42.5 Å². The number of nitrogen functional groups attached to an aromatic ring is 2. The van der Waals surface area contributed by atoms with Crippen LogP contribution in [0.2, 0.25) is 0 Å². The molecule has 35 heavy (non-hydrogen) atoms. The molecular formula is C26H26N4O5. The summed E-state index contributed by atoms with van der Waals surface area (Å²) in [5, 5.41) is 0. The van der Waals surface area contributed by atoms with Crippen molar-refractivity contribution in [1.82, 2.24) is 9.97 Å². The molecule has 180 valence electrons. The second-order valence-corrected chi connectivity index (χ2v) is 7.43. The fraction of sp³-hybridized carbons (Fsp3) is 0.231. The van der Waals surface area contributed by atoms with Crippen LogP contribution in [0.25, 0.3) is 0 Å². The average Bonchev–Trinajstić information content (AvgIpc) is 2.84. The number of nitrogens with two attached hydrogens (primary N) is 2. The highest BCUT2D eigenvalue weighted by Gasteiger charge is 2.14. The number of esters is 1. The topological polar surface area (TPSA) is 140 Å². The third-order valence-electron chi connectivity index (χ3n) is 5.01. The van der Waals surface area contributed by atoms with Gasteiger partial charge in [0.15, 0.2) is 17.3 Å². The van der Waals surface area contributed by atoms with Crippen LogP contribution in [0.4, 0.5) is 11.8 Å². The van der Waals surface area contributed by atoms with Gasteiger partial charge in [-0.05, 0) is 36.8 Å². The molecule has 0 atom stereocenters. The standard InChI is InChI=1S/C26H26N4O5/c1-4-35-23(32)14-21(31)18-8-5-16(6-9-18)7-10-19-11-17(13-22(33-2)24(19)34-3)12-20-15-29-26(28)30-25(20)27/h5-6,8-9,11,13,15H,4,12,14H2,1-3H3,(H4,27,28,29,30). The predicted octanol–water partition coefficient (Wildman–Crippen LogP) is 2.78. The number of rotatable bonds is 8. The summed E-state index contributed by atoms with van der Waals surface area (Å²) in [6.07, 6.45) is 1.73. The number of aromatic nitrogens is 2. The average molecular weight is 475 g/mol. The van der Waals surface area contributed by atoms with Gasteiger partial charge in [0.2, 0.25) is 5.95 Å². The molecule has 0 saturated carbocycles. The molecule has 0 aliphatic rings. The van der Waals surface area contributed by atoms with Crippen molar-refractivity contribution >= 4 is 23.5 Å². The summed E-state index contributed by atoms with van der Waals surface area (Å²) in [7, 11) is 3.09. The summed E-state index contributed by atoms with van der Waals surface area (Å²) in [6, 6.07) is 10.4. The Morgan fingerprint density at radius 1 is 1.03 bits per heavy atom. The monoisotopic (exact) mass is 474 g/mol. The molecule has 0 radical (unpaired) electrons. The zero-order valence-corrected chi connectivity index (χ0v) is 19.8. The highest BCUT2D eigenvalue weighted by molar-refractivity contribution is 6.05. The van der Waals surface area contributed by atoms with Crippen molar-refractivity contribution in [3.8, 4) is 23.3 Å². The summed E-state index contributed by atoms with van der Waals surface area (Å²) < 4.78 is 15.8. The van der Waals surface area contributed by atoms with E-state index in [-0.39, 0.29) is 24.8 Å². The second kappa shape index (κ2) is 11.5. The van der Waals surface area contributed by atoms with E-state index in [4.69, 9.17) is 25.7 Å². The first kappa shape index (κ1) is 25.1. The lowest BCUT2D eigenvalue weighted by Gasteiger charge is -2.13. The molecule has 3 rings (SSSR count). The van der Waals surface area contributed by atoms with Crippen LogP contribution in [-0.2, 0) is 16.0 Å². The van der Waals surface area contributed by atoms with Crippen LogP contribution in [0.1, 0.15) is 46.0 Å². The molecule has 3 aromatic rings. The first-order valence-corrected chi connectivity index (χ1v) is 10.8. The number of anilines is 2. The Bertz CT molecular complexity index is 1290. The Balaban J connectivity index is 1.87. The van der Waals surface area contributed by atoms with Gasteiger partial charge in [-0.15, -0.1) is 0 Å². The molecule has 1 heterocycles. The Hall–Kier alpha value is -4.58. The summed E-state index contributed by atoms with van der Waals surface area (Å²) in [6.45, 7) is 1.93. The van der Waals surface area contributed by atoms with E-state index >= 15 is 0 Å². The lowest BCUT2D eigenvalue weighted by Crippen LogP contribution is -2.11. The minimum absolute atomic E-state index is 0.110. The molecule has 0 bridgehead atoms. The number of hydrogen-bond acceptors (Lipinski definition) is 9. The van der Waals surface area contributed by atoms with Gasteiger partial charge >= 0.3 is 5.97 Å². The maximum absolute atomic E-state index is 12.2. The van der Waals surface area contributed by atoms with Gasteiger partial charge in [-0.2, -0.15) is 4.98 Å². The van der Waals surface area contributed by atoms with Crippen LogP contribution in [0.15, 0.2) is 42.6 Å². The van der Waals surface area contributed by atoms with Crippen molar-refractivity contribution < 1.29 is 23.8 Å². The first-order chi connectivity index (χ1) is 16.8. The molecule has 0 fully saturated rings. The van der Waals surface area contributed by atoms with Gasteiger partial charge in [0, 0.05) is 29.3 Å². The number of Topliss-reactive ketones (excluding diaryl/α,β-unsaturated/α-hetero) is 1. The van der Waals surface area contributed by atoms with Crippen LogP contribution >= 0.6 is 0 Å². The maximum atomic E-state index is 12.2. The van der Waals surface area contributed by atoms with E-state index in [1.165, 1.54) is 0 Å². The summed E-state index contributed by atoms with van der Waals surface area (Å²) in [5.41, 5.74) is 14.9. The summed E-state index contributed by atoms with van der Waals surface area (Å²) in [5.74, 6) is 6.74. The Kier molecular flexibility index (Phi) is 8.24. The van der Waals surface area contributed by atoms with Crippen LogP contribution in [0.5, 0.6) is 11.5 Å². The van der Waals surface area contributed by atoms with Gasteiger partial charge in [-0.1, -0.05) is 24.0 Å². The number of ether oxygens (including phenoxy) is 3. The molecule has 9 heteroatoms. The van der Waals surface area contributed by atoms with Gasteiger partial charge in [-0.3, -0.25) is 9.59 Å². The molecular weight excluding hydrogens is 448 g/mol. The molecule has 0 saturated heterocycles. The lowest BCUT2D eigenvalue weighted by molar-refractivity contribution is -0.141. The number of nitrogens with zero attached hydrogens (tertiary/aromatic N) is 2. The molecule has 9 nitrogen and oxygen atoms in total. The van der Waals surface area contributed by atoms with E-state index in [1.54, 1.807) is 51.6 Å². The molecule has 0 spiro atoms. The largest absolute Gasteiger partial charge is 0.493 e. The minimum atomic E-state index is -0.547. The number of ketones is 1. The van der Waals surface area contributed by atoms with Gasteiger partial charge in [0.05, 0.1) is 26.4 Å². The Morgan fingerprint density at radius 2 is 1.77 bits per heavy atom. The predicted molar refractivity (Wildman–Crippen MR) is 131 cm³/mol. The van der Waals surface area contributed by atoms with Crippen molar-refractivity contribution in [2.75, 3.05) is 32.3 Å². The molecule has 1 aromatic heterocycles. The zero-order valence-electron chi connectivity index (χ0n) is 19.8. The van der Waals surface area contributed by atoms with Gasteiger partial charge in [0.1, 0.15) is 12.2 Å². The second-order valence-electron chi connectivity index (χ2n) is 7.43. The maximum Gasteiger partial charge on any atom is 0.313 e. The van der Waals surface area contributed by atoms with E-state index in [2.05, 4.69) is 21.8 Å². The Morgan fingerprint density at radius 3 is 2.40 bits per heavy atom. The molecule has 0 aliphatic carbocycles. The molecule has 0 unspecified atom stereocenters. The van der Waals surface area contributed by atoms with Gasteiger partial charge in [0.25, 0.3) is 0 Å². The van der Waals surface area contributed by atoms with Crippen molar-refractivity contribution in [3.63, 3.8) is 0 Å². The SMILES string of the molecule is CCOC(=O)CC(=O)c1ccc(C#Cc2cc(Cc3cnc(N)nc3N)cc(OC)c2OC)cc1. The lowest BCUT2D eigenvalue weighted by atomic mass is 10.0. The summed E-state index contributed by atoms with van der Waals surface area (Å²) >= 11 is 0. The third-order valence-corrected chi connectivity index (χ3v) is 5.01. The quantitative estimate of drug-likeness (QED) is 0.218. The molecule has 4 N–H and O–H groups in total. The van der Waals surface area contributed by atoms with Gasteiger partial charge < -0.3 is 25.7 Å². The third kappa shape index (κ3) is 6.48. The van der Waals surface area contributed by atoms with Gasteiger partial charge in [-0.25, -0.2) is 4.98 Å². The van der Waals surface area contributed by atoms with Crippen molar-refractivity contribution in [3.05, 3.63) is 70.4 Å². The zero-order chi connectivity index (χ0) is 25.4. The van der Waals surface area contributed by atoms with Crippen LogP contribution in [0, 0.1) is 11.8 Å². The number of benzene rings is 2. The minimum Gasteiger partial charge on any atom is -0.493 e. The number of methoxy groups -OCH3 is 2. The van der Waals surface area contributed by atoms with E-state index in [0.717, 1.165) is 5.56 Å². The summed E-state index contributed by atoms with van der Waals surface area (Å²) in [4.78, 5) is 31.8. The number of carbonyl (C=O) groups is 2. The highest BCUT2D eigenvalue weighted by Crippen LogP contribution is 2.33. The fourth-order valence-corrected chi connectivity index (χ4v) is 3.33. The van der Waals surface area contributed by atoms with E-state index in [0.29, 0.717) is 46.0 Å². The van der Waals surface area contributed by atoms with Crippen LogP contribution in [0.3, 0.4) is 0 Å². The van der Waals surface area contributed by atoms with E-state index in [9.17, 15) is 9.59 Å². The van der Waals surface area contributed by atoms with E-state index in [1.807, 2.05) is 12.1 Å². The highest BCUT2D eigenvalue weighted by atomic mass is 16.5. The molecule has 0 aliphatic heterocycles. The van der Waals surface area contributed by atoms with E-state index < -0.39 is 5.97 Å². The number of carbonyl (C=O) groups excluding carboxylic acids is 2. The first-order valence-electron chi connectivity index (χ1n) is 10.8. The molecule has 2 aromatic carbocycles. The smallest absolute Gasteiger partial charge is 0.313 e. The van der Waals surface area contributed by atoms with Crippen molar-refractivity contribution in [1.29, 1.82) is 0 Å². The van der Waals surface area contributed by atoms with Crippen LogP contribution < -0.4 is 20.9 Å². The molecule has 0 amide bonds. The van der Waals surface area contributed by atoms with Crippen molar-refractivity contribution in [2.24, 2.45) is 0 Å². The fourth-order valence-electron chi connectivity index (χ4n) is 3.33. The number of hydrogen-bond donors (Lipinski definition) is 2.